The van der Waals surface area contributed by atoms with Crippen molar-refractivity contribution in [3.8, 4) is 0 Å². The number of carbonyl (C=O) groups is 1. The van der Waals surface area contributed by atoms with Gasteiger partial charge in [-0.15, -0.1) is 0 Å². The van der Waals surface area contributed by atoms with Gasteiger partial charge in [0.1, 0.15) is 5.75 Å². The fourth-order valence-electron chi connectivity index (χ4n) is 0.642. The van der Waals surface area contributed by atoms with Gasteiger partial charge < -0.3 is 10.4 Å². The fraction of sp³-hybridized carbons (Fsp3) is 0.857. The van der Waals surface area contributed by atoms with Crippen molar-refractivity contribution in [2.45, 2.75) is 32.4 Å². The maximum absolute atomic E-state index is 11.0. The van der Waals surface area contributed by atoms with Crippen molar-refractivity contribution in [2.75, 3.05) is 5.75 Å². The fourth-order valence-corrected chi connectivity index (χ4v) is 1.09. The van der Waals surface area contributed by atoms with E-state index in [1.165, 1.54) is 13.8 Å². The minimum absolute atomic E-state index is 0.545. The Bertz CT molecular complexity index is 304. The Morgan fingerprint density at radius 3 is 2.29 bits per heavy atom. The van der Waals surface area contributed by atoms with Gasteiger partial charge in [0, 0.05) is 0 Å². The third-order valence-corrected chi connectivity index (χ3v) is 2.43. The first-order valence-electron chi connectivity index (χ1n) is 4.04. The first kappa shape index (κ1) is 13.3. The van der Waals surface area contributed by atoms with Crippen LogP contribution in [0, 0.1) is 0 Å². The molecule has 14 heavy (non-hydrogen) atoms. The van der Waals surface area contributed by atoms with E-state index in [0.717, 1.165) is 0 Å². The molecule has 0 saturated carbocycles. The zero-order valence-corrected chi connectivity index (χ0v) is 9.26. The SMILES string of the molecule is CC(NC(=O)CS(N)(=O)=O)C(C)(C)O. The maximum atomic E-state index is 11.0. The van der Waals surface area contributed by atoms with Crippen LogP contribution in [0.15, 0.2) is 0 Å². The van der Waals surface area contributed by atoms with E-state index in [0.29, 0.717) is 0 Å². The summed E-state index contributed by atoms with van der Waals surface area (Å²) in [5.74, 6) is -1.49. The molecule has 0 spiro atoms. The van der Waals surface area contributed by atoms with E-state index in [-0.39, 0.29) is 0 Å². The van der Waals surface area contributed by atoms with Gasteiger partial charge in [-0.25, -0.2) is 13.6 Å². The normalized spacial score (nSPS) is 14.9. The van der Waals surface area contributed by atoms with Crippen LogP contribution in [-0.4, -0.2) is 36.8 Å². The molecule has 84 valence electrons. The Balaban J connectivity index is 4.22. The Labute approximate surface area is 83.5 Å². The first-order valence-corrected chi connectivity index (χ1v) is 5.76. The van der Waals surface area contributed by atoms with Gasteiger partial charge in [0.25, 0.3) is 0 Å². The van der Waals surface area contributed by atoms with Crippen LogP contribution in [-0.2, 0) is 14.8 Å². The summed E-state index contributed by atoms with van der Waals surface area (Å²) in [5.41, 5.74) is -1.10. The molecule has 0 radical (unpaired) electrons. The van der Waals surface area contributed by atoms with Gasteiger partial charge in [0.15, 0.2) is 0 Å². The molecule has 0 aliphatic carbocycles. The molecule has 0 rings (SSSR count). The van der Waals surface area contributed by atoms with Crippen LogP contribution in [0.5, 0.6) is 0 Å². The van der Waals surface area contributed by atoms with Gasteiger partial charge >= 0.3 is 0 Å². The van der Waals surface area contributed by atoms with E-state index >= 15 is 0 Å². The van der Waals surface area contributed by atoms with Gasteiger partial charge in [-0.1, -0.05) is 0 Å². The van der Waals surface area contributed by atoms with Crippen molar-refractivity contribution >= 4 is 15.9 Å². The number of rotatable bonds is 4. The van der Waals surface area contributed by atoms with Gasteiger partial charge in [-0.05, 0) is 20.8 Å². The van der Waals surface area contributed by atoms with Crippen molar-refractivity contribution in [1.82, 2.24) is 5.32 Å². The maximum Gasteiger partial charge on any atom is 0.236 e. The summed E-state index contributed by atoms with van der Waals surface area (Å²) in [6.45, 7) is 4.59. The number of amides is 1. The molecule has 0 aliphatic rings. The lowest BCUT2D eigenvalue weighted by atomic mass is 10.0. The van der Waals surface area contributed by atoms with Crippen molar-refractivity contribution in [2.24, 2.45) is 5.14 Å². The zero-order chi connectivity index (χ0) is 11.6. The average molecular weight is 224 g/mol. The quantitative estimate of drug-likeness (QED) is 0.542. The molecule has 6 nitrogen and oxygen atoms in total. The summed E-state index contributed by atoms with van der Waals surface area (Å²) in [6.07, 6.45) is 0. The Hall–Kier alpha value is -0.660. The molecule has 4 N–H and O–H groups in total. The van der Waals surface area contributed by atoms with Crippen LogP contribution in [0.3, 0.4) is 0 Å². The topological polar surface area (TPSA) is 109 Å². The predicted molar refractivity (Wildman–Crippen MR) is 51.9 cm³/mol. The number of hydrogen-bond donors (Lipinski definition) is 3. The van der Waals surface area contributed by atoms with Crippen LogP contribution in [0.1, 0.15) is 20.8 Å². The second-order valence-electron chi connectivity index (χ2n) is 3.75. The van der Waals surface area contributed by atoms with Gasteiger partial charge in [0.2, 0.25) is 15.9 Å². The van der Waals surface area contributed by atoms with Crippen LogP contribution in [0.25, 0.3) is 0 Å². The minimum Gasteiger partial charge on any atom is -0.388 e. The number of nitrogens with one attached hydrogen (secondary N) is 1. The zero-order valence-electron chi connectivity index (χ0n) is 8.44. The highest BCUT2D eigenvalue weighted by Crippen LogP contribution is 2.06. The summed E-state index contributed by atoms with van der Waals surface area (Å²) < 4.78 is 21.1. The average Bonchev–Trinajstić information content (AvgIpc) is 1.79. The molecule has 1 atom stereocenters. The Kier molecular flexibility index (Phi) is 4.04. The molecule has 0 fully saturated rings. The molecular formula is C7H16N2O4S. The van der Waals surface area contributed by atoms with Gasteiger partial charge in [0.05, 0.1) is 11.6 Å². The molecule has 0 aliphatic heterocycles. The van der Waals surface area contributed by atoms with Crippen molar-refractivity contribution in [3.05, 3.63) is 0 Å². The summed E-state index contributed by atoms with van der Waals surface area (Å²) in [7, 11) is -3.81. The number of nitrogens with two attached hydrogens (primary N) is 1. The lowest BCUT2D eigenvalue weighted by molar-refractivity contribution is -0.120. The van der Waals surface area contributed by atoms with Crippen molar-refractivity contribution in [3.63, 3.8) is 0 Å². The highest BCUT2D eigenvalue weighted by molar-refractivity contribution is 7.89. The monoisotopic (exact) mass is 224 g/mol. The van der Waals surface area contributed by atoms with Crippen molar-refractivity contribution in [1.29, 1.82) is 0 Å². The summed E-state index contributed by atoms with van der Waals surface area (Å²) in [6, 6.07) is -0.545. The first-order chi connectivity index (χ1) is 6.02. The van der Waals surface area contributed by atoms with Crippen molar-refractivity contribution < 1.29 is 18.3 Å². The van der Waals surface area contributed by atoms with Gasteiger partial charge in [-0.2, -0.15) is 0 Å². The summed E-state index contributed by atoms with van der Waals surface area (Å²) in [5, 5.41) is 16.4. The van der Waals surface area contributed by atoms with E-state index in [4.69, 9.17) is 0 Å². The highest BCUT2D eigenvalue weighted by Gasteiger charge is 2.24. The molecule has 0 saturated heterocycles. The van der Waals surface area contributed by atoms with E-state index in [1.54, 1.807) is 6.92 Å². The van der Waals surface area contributed by atoms with E-state index in [2.05, 4.69) is 10.5 Å². The second kappa shape index (κ2) is 4.24. The lowest BCUT2D eigenvalue weighted by Crippen LogP contribution is -2.49. The summed E-state index contributed by atoms with van der Waals surface area (Å²) >= 11 is 0. The molecule has 1 amide bonds. The molecule has 0 aromatic heterocycles. The number of sulfonamides is 1. The third-order valence-electron chi connectivity index (χ3n) is 1.77. The number of primary sulfonamides is 1. The van der Waals surface area contributed by atoms with Gasteiger partial charge in [-0.3, -0.25) is 4.79 Å². The molecule has 0 aromatic rings. The number of carbonyl (C=O) groups excluding carboxylic acids is 1. The number of hydrogen-bond acceptors (Lipinski definition) is 4. The summed E-state index contributed by atoms with van der Waals surface area (Å²) in [4.78, 5) is 11.0. The Morgan fingerprint density at radius 2 is 2.00 bits per heavy atom. The molecule has 7 heteroatoms. The predicted octanol–water partition coefficient (Wildman–Crippen LogP) is -1.45. The van der Waals surface area contributed by atoms with E-state index < -0.39 is 33.3 Å². The molecule has 1 unspecified atom stereocenters. The van der Waals surface area contributed by atoms with Crippen LogP contribution in [0.4, 0.5) is 0 Å². The third kappa shape index (κ3) is 5.90. The smallest absolute Gasteiger partial charge is 0.236 e. The highest BCUT2D eigenvalue weighted by atomic mass is 32.2. The molecule has 0 aromatic carbocycles. The Morgan fingerprint density at radius 1 is 1.57 bits per heavy atom. The van der Waals surface area contributed by atoms with Crippen LogP contribution >= 0.6 is 0 Å². The van der Waals surface area contributed by atoms with Crippen LogP contribution in [0.2, 0.25) is 0 Å². The molecule has 0 heterocycles. The standard InChI is InChI=1S/C7H16N2O4S/c1-5(7(2,3)11)9-6(10)4-14(8,12)13/h5,11H,4H2,1-3H3,(H,9,10)(H2,8,12,13). The van der Waals surface area contributed by atoms with E-state index in [9.17, 15) is 18.3 Å². The largest absolute Gasteiger partial charge is 0.388 e. The van der Waals surface area contributed by atoms with Crippen LogP contribution < -0.4 is 10.5 Å². The van der Waals surface area contributed by atoms with E-state index in [1.807, 2.05) is 0 Å². The number of aliphatic hydroxyl groups is 1. The lowest BCUT2D eigenvalue weighted by Gasteiger charge is -2.26. The second-order valence-corrected chi connectivity index (χ2v) is 5.36. The molecule has 0 bridgehead atoms. The minimum atomic E-state index is -3.81. The molecular weight excluding hydrogens is 208 g/mol.